The molecule has 2 rings (SSSR count). The molecule has 0 spiro atoms. The molecule has 0 aromatic heterocycles. The summed E-state index contributed by atoms with van der Waals surface area (Å²) in [4.78, 5) is 1.56. The summed E-state index contributed by atoms with van der Waals surface area (Å²) < 4.78 is 32.7. The van der Waals surface area contributed by atoms with Gasteiger partial charge < -0.3 is 19.7 Å². The number of anilines is 1. The predicted molar refractivity (Wildman–Crippen MR) is 101 cm³/mol. The maximum absolute atomic E-state index is 10.9. The van der Waals surface area contributed by atoms with Crippen molar-refractivity contribution in [3.63, 3.8) is 0 Å². The molecule has 2 N–H and O–H groups in total. The van der Waals surface area contributed by atoms with Crippen molar-refractivity contribution in [3.05, 3.63) is 48.5 Å². The Bertz CT molecular complexity index is 859. The van der Waals surface area contributed by atoms with Crippen molar-refractivity contribution in [1.82, 2.24) is 0 Å². The smallest absolute Gasteiger partial charge is 0.744 e. The molecule has 0 amide bonds. The molecule has 2 aromatic carbocycles. The van der Waals surface area contributed by atoms with Crippen LogP contribution in [0.4, 0.5) is 17.1 Å². The van der Waals surface area contributed by atoms with Gasteiger partial charge in [0.15, 0.2) is 0 Å². The predicted octanol–water partition coefficient (Wildman–Crippen LogP) is -0.422. The van der Waals surface area contributed by atoms with Crippen LogP contribution >= 0.6 is 0 Å². The van der Waals surface area contributed by atoms with E-state index >= 15 is 0 Å². The summed E-state index contributed by atoms with van der Waals surface area (Å²) in [6.45, 7) is 4.14. The molecular weight excluding hydrogens is 393 g/mol. The molecule has 10 heteroatoms. The largest absolute Gasteiger partial charge is 1.00 e. The van der Waals surface area contributed by atoms with Crippen LogP contribution in [0.1, 0.15) is 13.8 Å². The van der Waals surface area contributed by atoms with Gasteiger partial charge in [0.25, 0.3) is 0 Å². The Morgan fingerprint density at radius 2 is 1.29 bits per heavy atom. The minimum absolute atomic E-state index is 0. The van der Waals surface area contributed by atoms with Gasteiger partial charge in [-0.1, -0.05) is 0 Å². The number of hydrogen-bond acceptors (Lipinski definition) is 8. The van der Waals surface area contributed by atoms with E-state index in [2.05, 4.69) is 10.2 Å². The van der Waals surface area contributed by atoms with Crippen molar-refractivity contribution in [2.45, 2.75) is 31.0 Å². The minimum Gasteiger partial charge on any atom is -0.744 e. The Kier molecular flexibility index (Phi) is 9.72. The number of azo groups is 1. The summed E-state index contributed by atoms with van der Waals surface area (Å²) >= 11 is 0. The zero-order valence-electron chi connectivity index (χ0n) is 16.1. The number of benzene rings is 2. The molecule has 146 valence electrons. The first-order chi connectivity index (χ1) is 12.6. The maximum Gasteiger partial charge on any atom is 1.00 e. The van der Waals surface area contributed by atoms with Crippen molar-refractivity contribution < 1.29 is 52.7 Å². The fraction of sp³-hybridized carbons (Fsp3) is 0.333. The summed E-state index contributed by atoms with van der Waals surface area (Å²) in [5.41, 5.74) is 1.82. The van der Waals surface area contributed by atoms with Gasteiger partial charge in [-0.05, 0) is 62.4 Å². The zero-order valence-corrected chi connectivity index (χ0v) is 18.9. The van der Waals surface area contributed by atoms with E-state index in [9.17, 15) is 23.2 Å². The first-order valence-corrected chi connectivity index (χ1v) is 9.75. The van der Waals surface area contributed by atoms with Crippen LogP contribution in [0.3, 0.4) is 0 Å². The SMILES string of the molecule is CC(O)CN(CC(C)O)c1ccc(N=Nc2ccc(S(=O)(=O)[O-])cc2)cc1.[Na+]. The molecule has 0 heterocycles. The van der Waals surface area contributed by atoms with Gasteiger partial charge in [-0.25, -0.2) is 8.42 Å². The molecule has 0 aliphatic rings. The molecular formula is C18H22N3NaO5S. The molecule has 8 nitrogen and oxygen atoms in total. The summed E-state index contributed by atoms with van der Waals surface area (Å²) in [5.74, 6) is 0. The van der Waals surface area contributed by atoms with Crippen LogP contribution in [-0.2, 0) is 10.1 Å². The third-order valence-corrected chi connectivity index (χ3v) is 4.44. The number of aliphatic hydroxyl groups is 2. The van der Waals surface area contributed by atoms with E-state index in [1.54, 1.807) is 26.0 Å². The van der Waals surface area contributed by atoms with Crippen LogP contribution in [0, 0.1) is 0 Å². The summed E-state index contributed by atoms with van der Waals surface area (Å²) in [5, 5.41) is 27.3. The van der Waals surface area contributed by atoms with Gasteiger partial charge >= 0.3 is 29.6 Å². The molecule has 0 radical (unpaired) electrons. The van der Waals surface area contributed by atoms with E-state index in [1.807, 2.05) is 17.0 Å². The van der Waals surface area contributed by atoms with Crippen LogP contribution in [-0.4, -0.2) is 48.5 Å². The third kappa shape index (κ3) is 7.96. The van der Waals surface area contributed by atoms with Crippen molar-refractivity contribution >= 4 is 27.2 Å². The Hall–Kier alpha value is -1.33. The van der Waals surface area contributed by atoms with Crippen molar-refractivity contribution in [1.29, 1.82) is 0 Å². The van der Waals surface area contributed by atoms with E-state index in [4.69, 9.17) is 0 Å². The maximum atomic E-state index is 10.9. The fourth-order valence-corrected chi connectivity index (χ4v) is 2.92. The average molecular weight is 415 g/mol. The molecule has 28 heavy (non-hydrogen) atoms. The topological polar surface area (TPSA) is 126 Å². The van der Waals surface area contributed by atoms with E-state index in [1.165, 1.54) is 24.3 Å². The molecule has 0 saturated carbocycles. The molecule has 0 saturated heterocycles. The van der Waals surface area contributed by atoms with Gasteiger partial charge in [0.2, 0.25) is 0 Å². The van der Waals surface area contributed by atoms with Crippen molar-refractivity contribution in [2.75, 3.05) is 18.0 Å². The van der Waals surface area contributed by atoms with Crippen molar-refractivity contribution in [3.8, 4) is 0 Å². The van der Waals surface area contributed by atoms with E-state index < -0.39 is 22.3 Å². The Morgan fingerprint density at radius 1 is 0.893 bits per heavy atom. The monoisotopic (exact) mass is 415 g/mol. The Morgan fingerprint density at radius 3 is 1.64 bits per heavy atom. The molecule has 0 fully saturated rings. The molecule has 2 aromatic rings. The van der Waals surface area contributed by atoms with Crippen LogP contribution in [0.25, 0.3) is 0 Å². The van der Waals surface area contributed by atoms with Crippen LogP contribution < -0.4 is 34.5 Å². The number of aliphatic hydroxyl groups excluding tert-OH is 2. The third-order valence-electron chi connectivity index (χ3n) is 3.59. The Balaban J connectivity index is 0.00000392. The fourth-order valence-electron chi connectivity index (χ4n) is 2.45. The van der Waals surface area contributed by atoms with Crippen molar-refractivity contribution in [2.24, 2.45) is 10.2 Å². The second-order valence-corrected chi connectivity index (χ2v) is 7.65. The van der Waals surface area contributed by atoms with Gasteiger partial charge in [-0.2, -0.15) is 10.2 Å². The van der Waals surface area contributed by atoms with Crippen LogP contribution in [0.2, 0.25) is 0 Å². The normalized spacial score (nSPS) is 13.8. The zero-order chi connectivity index (χ0) is 20.0. The van der Waals surface area contributed by atoms with E-state index in [0.717, 1.165) is 5.69 Å². The molecule has 2 unspecified atom stereocenters. The summed E-state index contributed by atoms with van der Waals surface area (Å²) in [6.07, 6.45) is -1.08. The Labute approximate surface area is 187 Å². The standard InChI is InChI=1S/C18H23N3O5S.Na/c1-13(22)11-21(12-14(2)23)17-7-3-15(4-8-17)19-20-16-5-9-18(10-6-16)27(24,25)26;/h3-10,13-14,22-23H,11-12H2,1-2H3,(H,24,25,26);/q;+1/p-1. The van der Waals surface area contributed by atoms with Gasteiger partial charge in [-0.15, -0.1) is 0 Å². The molecule has 0 bridgehead atoms. The molecule has 0 aliphatic heterocycles. The first-order valence-electron chi connectivity index (χ1n) is 8.34. The van der Waals surface area contributed by atoms with Crippen LogP contribution in [0.15, 0.2) is 63.7 Å². The van der Waals surface area contributed by atoms with E-state index in [-0.39, 0.29) is 34.5 Å². The number of nitrogens with zero attached hydrogens (tertiary/aromatic N) is 3. The van der Waals surface area contributed by atoms with E-state index in [0.29, 0.717) is 24.5 Å². The van der Waals surface area contributed by atoms with Gasteiger partial charge in [-0.3, -0.25) is 0 Å². The average Bonchev–Trinajstić information content (AvgIpc) is 2.58. The van der Waals surface area contributed by atoms with Gasteiger partial charge in [0, 0.05) is 18.8 Å². The summed E-state index contributed by atoms with van der Waals surface area (Å²) in [6, 6.07) is 12.3. The second-order valence-electron chi connectivity index (χ2n) is 6.27. The summed E-state index contributed by atoms with van der Waals surface area (Å²) in [7, 11) is -4.48. The quantitative estimate of drug-likeness (QED) is 0.343. The number of rotatable bonds is 8. The second kappa shape index (κ2) is 11.0. The molecule has 0 aliphatic carbocycles. The first kappa shape index (κ1) is 24.7. The van der Waals surface area contributed by atoms with Gasteiger partial charge in [0.05, 0.1) is 28.5 Å². The number of hydrogen-bond donors (Lipinski definition) is 2. The minimum atomic E-state index is -4.48. The molecule has 2 atom stereocenters. The van der Waals surface area contributed by atoms with Crippen LogP contribution in [0.5, 0.6) is 0 Å². The van der Waals surface area contributed by atoms with Gasteiger partial charge in [0.1, 0.15) is 10.1 Å².